The first-order valence-corrected chi connectivity index (χ1v) is 9.24. The molecule has 0 unspecified atom stereocenters. The van der Waals surface area contributed by atoms with Crippen LogP contribution >= 0.6 is 0 Å². The number of ether oxygens (including phenoxy) is 1. The fourth-order valence-corrected chi connectivity index (χ4v) is 3.18. The van der Waals surface area contributed by atoms with Gasteiger partial charge in [-0.2, -0.15) is 0 Å². The van der Waals surface area contributed by atoms with Crippen molar-refractivity contribution in [2.24, 2.45) is 0 Å². The van der Waals surface area contributed by atoms with Crippen LogP contribution in [0.5, 0.6) is 5.75 Å². The number of likely N-dealkylation sites (N-methyl/N-ethyl adjacent to an activating group) is 1. The van der Waals surface area contributed by atoms with Crippen LogP contribution in [0.4, 0.5) is 0 Å². The largest absolute Gasteiger partial charge is 0.507 e. The third-order valence-electron chi connectivity index (χ3n) is 4.64. The highest BCUT2D eigenvalue weighted by Crippen LogP contribution is 2.39. The molecule has 1 aliphatic rings. The monoisotopic (exact) mass is 396 g/mol. The summed E-state index contributed by atoms with van der Waals surface area (Å²) in [7, 11) is 3.77. The predicted molar refractivity (Wildman–Crippen MR) is 108 cm³/mol. The van der Waals surface area contributed by atoms with Crippen molar-refractivity contribution >= 4 is 17.4 Å². The number of furan rings is 1. The smallest absolute Gasteiger partial charge is 0.295 e. The maximum absolute atomic E-state index is 12.8. The molecule has 1 aromatic carbocycles. The van der Waals surface area contributed by atoms with E-state index >= 15 is 0 Å². The van der Waals surface area contributed by atoms with Crippen molar-refractivity contribution in [3.05, 3.63) is 72.2 Å². The van der Waals surface area contributed by atoms with E-state index < -0.39 is 17.7 Å². The van der Waals surface area contributed by atoms with Crippen LogP contribution in [-0.4, -0.2) is 60.4 Å². The van der Waals surface area contributed by atoms with Gasteiger partial charge in [-0.3, -0.25) is 9.59 Å². The minimum atomic E-state index is -0.776. The van der Waals surface area contributed by atoms with Gasteiger partial charge in [0.1, 0.15) is 29.9 Å². The van der Waals surface area contributed by atoms with Gasteiger partial charge in [0.25, 0.3) is 11.7 Å². The number of benzene rings is 1. The lowest BCUT2D eigenvalue weighted by atomic mass is 9.99. The molecule has 7 nitrogen and oxygen atoms in total. The SMILES string of the molecule is C=CCOc1ccc(C(O)=C2C(=O)C(=O)N(CCN(C)C)[C@H]2c2ccco2)cc1. The van der Waals surface area contributed by atoms with E-state index in [-0.39, 0.29) is 11.3 Å². The van der Waals surface area contributed by atoms with Crippen molar-refractivity contribution < 1.29 is 23.8 Å². The van der Waals surface area contributed by atoms with Crippen LogP contribution in [0.3, 0.4) is 0 Å². The summed E-state index contributed by atoms with van der Waals surface area (Å²) in [6.45, 7) is 4.85. The number of amides is 1. The maximum atomic E-state index is 12.8. The first-order chi connectivity index (χ1) is 13.9. The highest BCUT2D eigenvalue weighted by molar-refractivity contribution is 6.46. The van der Waals surface area contributed by atoms with E-state index in [1.165, 1.54) is 11.2 Å². The Morgan fingerprint density at radius 2 is 2.00 bits per heavy atom. The Morgan fingerprint density at radius 1 is 1.28 bits per heavy atom. The molecule has 1 amide bonds. The number of carbonyl (C=O) groups excluding carboxylic acids is 2. The second-order valence-corrected chi connectivity index (χ2v) is 6.94. The summed E-state index contributed by atoms with van der Waals surface area (Å²) < 4.78 is 10.9. The molecule has 1 N–H and O–H groups in total. The molecular formula is C22H24N2O5. The fourth-order valence-electron chi connectivity index (χ4n) is 3.18. The summed E-state index contributed by atoms with van der Waals surface area (Å²) in [5.74, 6) is -0.589. The number of likely N-dealkylation sites (tertiary alicyclic amines) is 1. The second-order valence-electron chi connectivity index (χ2n) is 6.94. The number of carbonyl (C=O) groups is 2. The molecule has 2 heterocycles. The molecule has 152 valence electrons. The molecule has 0 saturated carbocycles. The van der Waals surface area contributed by atoms with Gasteiger partial charge >= 0.3 is 0 Å². The number of hydrogen-bond donors (Lipinski definition) is 1. The van der Waals surface area contributed by atoms with Gasteiger partial charge in [0.15, 0.2) is 0 Å². The Balaban J connectivity index is 2.00. The van der Waals surface area contributed by atoms with Gasteiger partial charge in [-0.15, -0.1) is 0 Å². The first-order valence-electron chi connectivity index (χ1n) is 9.24. The van der Waals surface area contributed by atoms with E-state index in [4.69, 9.17) is 9.15 Å². The lowest BCUT2D eigenvalue weighted by Gasteiger charge is -2.24. The van der Waals surface area contributed by atoms with Crippen LogP contribution in [0, 0.1) is 0 Å². The van der Waals surface area contributed by atoms with Crippen molar-refractivity contribution in [2.45, 2.75) is 6.04 Å². The Hall–Kier alpha value is -3.32. The molecular weight excluding hydrogens is 372 g/mol. The second kappa shape index (κ2) is 8.79. The van der Waals surface area contributed by atoms with Crippen molar-refractivity contribution in [3.8, 4) is 5.75 Å². The average molecular weight is 396 g/mol. The molecule has 3 rings (SSSR count). The van der Waals surface area contributed by atoms with Crippen LogP contribution in [0.25, 0.3) is 5.76 Å². The normalized spacial score (nSPS) is 18.4. The van der Waals surface area contributed by atoms with Crippen LogP contribution < -0.4 is 4.74 Å². The molecule has 1 fully saturated rings. The number of rotatable bonds is 8. The van der Waals surface area contributed by atoms with Gasteiger partial charge in [-0.05, 0) is 50.5 Å². The van der Waals surface area contributed by atoms with E-state index in [0.29, 0.717) is 36.8 Å². The summed E-state index contributed by atoms with van der Waals surface area (Å²) in [5.41, 5.74) is 0.432. The highest BCUT2D eigenvalue weighted by Gasteiger charge is 2.47. The van der Waals surface area contributed by atoms with Crippen molar-refractivity contribution in [1.29, 1.82) is 0 Å². The van der Waals surface area contributed by atoms with Gasteiger partial charge in [0.2, 0.25) is 0 Å². The summed E-state index contributed by atoms with van der Waals surface area (Å²) in [6, 6.07) is 9.25. The molecule has 0 bridgehead atoms. The summed E-state index contributed by atoms with van der Waals surface area (Å²) in [4.78, 5) is 28.8. The standard InChI is InChI=1S/C22H24N2O5/c1-4-13-28-16-9-7-15(8-10-16)20(25)18-19(17-6-5-14-29-17)24(12-11-23(2)3)22(27)21(18)26/h4-10,14,19,25H,1,11-13H2,2-3H3/t19-/m0/s1. The van der Waals surface area contributed by atoms with Crippen molar-refractivity contribution in [3.63, 3.8) is 0 Å². The lowest BCUT2D eigenvalue weighted by Crippen LogP contribution is -2.35. The third kappa shape index (κ3) is 4.25. The number of Topliss-reactive ketones (excluding diaryl/α,β-unsaturated/α-hetero) is 1. The molecule has 0 radical (unpaired) electrons. The number of ketones is 1. The fraction of sp³-hybridized carbons (Fsp3) is 0.273. The van der Waals surface area contributed by atoms with Crippen LogP contribution in [0.1, 0.15) is 17.4 Å². The van der Waals surface area contributed by atoms with E-state index in [1.54, 1.807) is 42.5 Å². The maximum Gasteiger partial charge on any atom is 0.295 e. The number of hydrogen-bond acceptors (Lipinski definition) is 6. The quantitative estimate of drug-likeness (QED) is 0.320. The first kappa shape index (κ1) is 20.4. The molecule has 1 aromatic heterocycles. The summed E-state index contributed by atoms with van der Waals surface area (Å²) in [5, 5.41) is 10.9. The summed E-state index contributed by atoms with van der Waals surface area (Å²) >= 11 is 0. The van der Waals surface area contributed by atoms with Crippen LogP contribution in [0.15, 0.2) is 65.3 Å². The Bertz CT molecular complexity index is 913. The van der Waals surface area contributed by atoms with E-state index in [2.05, 4.69) is 6.58 Å². The molecule has 0 aliphatic carbocycles. The average Bonchev–Trinajstić information content (AvgIpc) is 3.32. The van der Waals surface area contributed by atoms with E-state index in [9.17, 15) is 14.7 Å². The zero-order valence-corrected chi connectivity index (χ0v) is 16.5. The molecule has 1 aliphatic heterocycles. The van der Waals surface area contributed by atoms with Crippen molar-refractivity contribution in [2.75, 3.05) is 33.8 Å². The topological polar surface area (TPSA) is 83.2 Å². The van der Waals surface area contributed by atoms with Gasteiger partial charge in [-0.25, -0.2) is 0 Å². The van der Waals surface area contributed by atoms with Gasteiger partial charge in [0, 0.05) is 18.7 Å². The van der Waals surface area contributed by atoms with Gasteiger partial charge in [0.05, 0.1) is 11.8 Å². The van der Waals surface area contributed by atoms with Crippen LogP contribution in [0.2, 0.25) is 0 Å². The Morgan fingerprint density at radius 3 is 2.59 bits per heavy atom. The minimum absolute atomic E-state index is 0.0171. The lowest BCUT2D eigenvalue weighted by molar-refractivity contribution is -0.140. The molecule has 29 heavy (non-hydrogen) atoms. The summed E-state index contributed by atoms with van der Waals surface area (Å²) in [6.07, 6.45) is 3.11. The number of aliphatic hydroxyl groups is 1. The molecule has 7 heteroatoms. The molecule has 1 atom stereocenters. The molecule has 2 aromatic rings. The molecule has 0 spiro atoms. The Kier molecular flexibility index (Phi) is 6.19. The third-order valence-corrected chi connectivity index (χ3v) is 4.64. The van der Waals surface area contributed by atoms with Crippen LogP contribution in [-0.2, 0) is 9.59 Å². The van der Waals surface area contributed by atoms with E-state index in [1.807, 2.05) is 19.0 Å². The van der Waals surface area contributed by atoms with Crippen molar-refractivity contribution in [1.82, 2.24) is 9.80 Å². The van der Waals surface area contributed by atoms with Gasteiger partial charge < -0.3 is 24.1 Å². The minimum Gasteiger partial charge on any atom is -0.507 e. The highest BCUT2D eigenvalue weighted by atomic mass is 16.5. The number of nitrogens with zero attached hydrogens (tertiary/aromatic N) is 2. The Labute approximate surface area is 169 Å². The number of aliphatic hydroxyl groups excluding tert-OH is 1. The van der Waals surface area contributed by atoms with Gasteiger partial charge in [-0.1, -0.05) is 12.7 Å². The zero-order chi connectivity index (χ0) is 21.0. The van der Waals surface area contributed by atoms with E-state index in [0.717, 1.165) is 0 Å². The predicted octanol–water partition coefficient (Wildman–Crippen LogP) is 2.83. The zero-order valence-electron chi connectivity index (χ0n) is 16.5. The molecule has 1 saturated heterocycles.